The third-order valence-electron chi connectivity index (χ3n) is 3.93. The summed E-state index contributed by atoms with van der Waals surface area (Å²) >= 11 is 0. The van der Waals surface area contributed by atoms with E-state index in [0.29, 0.717) is 30.8 Å². The molecule has 9 heteroatoms. The third kappa shape index (κ3) is 3.14. The Kier molecular flexibility index (Phi) is 4.20. The van der Waals surface area contributed by atoms with E-state index in [1.807, 2.05) is 0 Å². The summed E-state index contributed by atoms with van der Waals surface area (Å²) in [6.45, 7) is 5.06. The lowest BCUT2D eigenvalue weighted by atomic mass is 9.98. The number of nitrogens with zero attached hydrogens (tertiary/aromatic N) is 5. The highest BCUT2D eigenvalue weighted by Crippen LogP contribution is 2.26. The fraction of sp³-hybridized carbons (Fsp3) is 0.500. The number of ether oxygens (including phenoxy) is 1. The van der Waals surface area contributed by atoms with Gasteiger partial charge in [-0.05, 0) is 19.3 Å². The molecule has 2 atom stereocenters. The van der Waals surface area contributed by atoms with Crippen LogP contribution in [0.25, 0.3) is 5.82 Å². The van der Waals surface area contributed by atoms with E-state index in [1.165, 1.54) is 10.9 Å². The predicted molar refractivity (Wildman–Crippen MR) is 82.6 cm³/mol. The van der Waals surface area contributed by atoms with Crippen molar-refractivity contribution in [2.24, 2.45) is 5.92 Å². The smallest absolute Gasteiger partial charge is 0.333 e. The van der Waals surface area contributed by atoms with Crippen molar-refractivity contribution < 1.29 is 9.66 Å². The van der Waals surface area contributed by atoms with Crippen LogP contribution in [0, 0.1) is 23.0 Å². The lowest BCUT2D eigenvalue weighted by molar-refractivity contribution is -0.385. The zero-order chi connectivity index (χ0) is 16.4. The van der Waals surface area contributed by atoms with Crippen LogP contribution < -0.4 is 5.32 Å². The zero-order valence-electron chi connectivity index (χ0n) is 13.0. The molecule has 1 aliphatic heterocycles. The molecule has 0 bridgehead atoms. The topological polar surface area (TPSA) is 108 Å². The van der Waals surface area contributed by atoms with Gasteiger partial charge in [-0.25, -0.2) is 9.97 Å². The van der Waals surface area contributed by atoms with E-state index in [9.17, 15) is 10.1 Å². The van der Waals surface area contributed by atoms with Gasteiger partial charge in [-0.15, -0.1) is 0 Å². The summed E-state index contributed by atoms with van der Waals surface area (Å²) in [7, 11) is 0. The standard InChI is InChI=1S/C14H18N6O3/c1-9-7-23-6-3-11(9)17-14-16-10(2)12(20(21)22)13(18-14)19-5-4-15-8-19/h4-5,8-9,11H,3,6-7H2,1-2H3,(H,16,17,18). The van der Waals surface area contributed by atoms with Crippen molar-refractivity contribution in [1.82, 2.24) is 19.5 Å². The minimum Gasteiger partial charge on any atom is -0.381 e. The van der Waals surface area contributed by atoms with E-state index >= 15 is 0 Å². The second-order valence-electron chi connectivity index (χ2n) is 5.62. The minimum absolute atomic E-state index is 0.117. The number of anilines is 1. The van der Waals surface area contributed by atoms with Crippen LogP contribution in [0.5, 0.6) is 0 Å². The molecule has 0 aromatic carbocycles. The van der Waals surface area contributed by atoms with Crippen molar-refractivity contribution in [2.45, 2.75) is 26.3 Å². The molecule has 23 heavy (non-hydrogen) atoms. The van der Waals surface area contributed by atoms with E-state index in [4.69, 9.17) is 4.74 Å². The van der Waals surface area contributed by atoms with Crippen LogP contribution in [-0.4, -0.2) is 43.7 Å². The molecule has 3 heterocycles. The van der Waals surface area contributed by atoms with Gasteiger partial charge in [0.25, 0.3) is 0 Å². The molecule has 1 aliphatic rings. The SMILES string of the molecule is Cc1nc(NC2CCOCC2C)nc(-n2ccnc2)c1[N+](=O)[O-]. The maximum Gasteiger partial charge on any atom is 0.333 e. The Labute approximate surface area is 132 Å². The van der Waals surface area contributed by atoms with E-state index < -0.39 is 4.92 Å². The lowest BCUT2D eigenvalue weighted by Crippen LogP contribution is -2.36. The Morgan fingerprint density at radius 1 is 1.48 bits per heavy atom. The Bertz CT molecular complexity index is 703. The molecular formula is C14H18N6O3. The molecule has 2 unspecified atom stereocenters. The average molecular weight is 318 g/mol. The molecule has 1 N–H and O–H groups in total. The zero-order valence-corrected chi connectivity index (χ0v) is 13.0. The van der Waals surface area contributed by atoms with Crippen LogP contribution in [0.1, 0.15) is 19.0 Å². The molecule has 2 aromatic rings. The van der Waals surface area contributed by atoms with Gasteiger partial charge in [0.15, 0.2) is 0 Å². The predicted octanol–water partition coefficient (Wildman–Crippen LogP) is 1.72. The molecule has 9 nitrogen and oxygen atoms in total. The van der Waals surface area contributed by atoms with Gasteiger partial charge in [0.2, 0.25) is 11.8 Å². The van der Waals surface area contributed by atoms with E-state index in [-0.39, 0.29) is 17.5 Å². The number of rotatable bonds is 4. The lowest BCUT2D eigenvalue weighted by Gasteiger charge is -2.29. The van der Waals surface area contributed by atoms with Crippen LogP contribution in [0.4, 0.5) is 11.6 Å². The molecule has 1 saturated heterocycles. The van der Waals surface area contributed by atoms with Gasteiger partial charge in [-0.2, -0.15) is 4.98 Å². The molecule has 1 fully saturated rings. The molecule has 0 saturated carbocycles. The number of hydrogen-bond acceptors (Lipinski definition) is 7. The number of aryl methyl sites for hydroxylation is 1. The van der Waals surface area contributed by atoms with Crippen LogP contribution >= 0.6 is 0 Å². The van der Waals surface area contributed by atoms with Crippen LogP contribution in [0.15, 0.2) is 18.7 Å². The van der Waals surface area contributed by atoms with Crippen LogP contribution in [0.2, 0.25) is 0 Å². The molecule has 0 spiro atoms. The molecule has 0 amide bonds. The van der Waals surface area contributed by atoms with Gasteiger partial charge in [0, 0.05) is 25.0 Å². The van der Waals surface area contributed by atoms with Crippen LogP contribution in [-0.2, 0) is 4.74 Å². The monoisotopic (exact) mass is 318 g/mol. The summed E-state index contributed by atoms with van der Waals surface area (Å²) in [5.41, 5.74) is 0.199. The molecule has 122 valence electrons. The van der Waals surface area contributed by atoms with E-state index in [1.54, 1.807) is 19.3 Å². The van der Waals surface area contributed by atoms with E-state index in [0.717, 1.165) is 6.42 Å². The highest BCUT2D eigenvalue weighted by molar-refractivity contribution is 5.53. The summed E-state index contributed by atoms with van der Waals surface area (Å²) in [4.78, 5) is 23.4. The van der Waals surface area contributed by atoms with Crippen molar-refractivity contribution in [1.29, 1.82) is 0 Å². The number of aromatic nitrogens is 4. The molecule has 0 radical (unpaired) electrons. The second kappa shape index (κ2) is 6.29. The van der Waals surface area contributed by atoms with Gasteiger partial charge in [0.1, 0.15) is 12.0 Å². The van der Waals surface area contributed by atoms with Crippen molar-refractivity contribution >= 4 is 11.6 Å². The Hall–Kier alpha value is -2.55. The first-order chi connectivity index (χ1) is 11.1. The first-order valence-corrected chi connectivity index (χ1v) is 7.42. The highest BCUT2D eigenvalue weighted by Gasteiger charge is 2.26. The molecule has 0 aliphatic carbocycles. The van der Waals surface area contributed by atoms with Crippen molar-refractivity contribution in [2.75, 3.05) is 18.5 Å². The second-order valence-corrected chi connectivity index (χ2v) is 5.62. The van der Waals surface area contributed by atoms with Crippen LogP contribution in [0.3, 0.4) is 0 Å². The fourth-order valence-corrected chi connectivity index (χ4v) is 2.66. The quantitative estimate of drug-likeness (QED) is 0.675. The van der Waals surface area contributed by atoms with Crippen molar-refractivity contribution in [3.63, 3.8) is 0 Å². The largest absolute Gasteiger partial charge is 0.381 e. The third-order valence-corrected chi connectivity index (χ3v) is 3.93. The minimum atomic E-state index is -0.467. The van der Waals surface area contributed by atoms with Gasteiger partial charge in [-0.3, -0.25) is 14.7 Å². The molecule has 2 aromatic heterocycles. The van der Waals surface area contributed by atoms with Crippen molar-refractivity contribution in [3.8, 4) is 5.82 Å². The highest BCUT2D eigenvalue weighted by atomic mass is 16.6. The Morgan fingerprint density at radius 3 is 2.96 bits per heavy atom. The average Bonchev–Trinajstić information content (AvgIpc) is 3.03. The van der Waals surface area contributed by atoms with Gasteiger partial charge in [0.05, 0.1) is 11.5 Å². The Balaban J connectivity index is 1.97. The summed E-state index contributed by atoms with van der Waals surface area (Å²) in [5.74, 6) is 0.914. The van der Waals surface area contributed by atoms with E-state index in [2.05, 4.69) is 27.2 Å². The maximum atomic E-state index is 11.3. The number of nitro groups is 1. The maximum absolute atomic E-state index is 11.3. The summed E-state index contributed by atoms with van der Waals surface area (Å²) in [6, 6.07) is 0.181. The first-order valence-electron chi connectivity index (χ1n) is 7.42. The Morgan fingerprint density at radius 2 is 2.30 bits per heavy atom. The number of hydrogen-bond donors (Lipinski definition) is 1. The van der Waals surface area contributed by atoms with Crippen molar-refractivity contribution in [3.05, 3.63) is 34.5 Å². The molecular weight excluding hydrogens is 300 g/mol. The fourth-order valence-electron chi connectivity index (χ4n) is 2.66. The summed E-state index contributed by atoms with van der Waals surface area (Å²) in [5, 5.41) is 14.6. The normalized spacial score (nSPS) is 21.1. The number of imidazole rings is 1. The van der Waals surface area contributed by atoms with Gasteiger partial charge in [-0.1, -0.05) is 6.92 Å². The summed E-state index contributed by atoms with van der Waals surface area (Å²) in [6.07, 6.45) is 5.50. The summed E-state index contributed by atoms with van der Waals surface area (Å²) < 4.78 is 6.94. The van der Waals surface area contributed by atoms with Gasteiger partial charge >= 0.3 is 5.69 Å². The number of nitrogens with one attached hydrogen (secondary N) is 1. The first kappa shape index (κ1) is 15.3. The molecule has 3 rings (SSSR count). The van der Waals surface area contributed by atoms with Gasteiger partial charge < -0.3 is 10.1 Å².